The van der Waals surface area contributed by atoms with Gasteiger partial charge in [0.2, 0.25) is 0 Å². The first-order valence-corrected chi connectivity index (χ1v) is 6.35. The number of nitrogens with one attached hydrogen (secondary N) is 1. The van der Waals surface area contributed by atoms with Crippen LogP contribution in [0.5, 0.6) is 0 Å². The van der Waals surface area contributed by atoms with Crippen LogP contribution in [0.2, 0.25) is 0 Å². The van der Waals surface area contributed by atoms with Gasteiger partial charge in [0.05, 0.1) is 11.8 Å². The van der Waals surface area contributed by atoms with Gasteiger partial charge in [0.15, 0.2) is 0 Å². The van der Waals surface area contributed by atoms with E-state index in [1.54, 1.807) is 6.92 Å². The molecule has 1 aromatic heterocycles. The summed E-state index contributed by atoms with van der Waals surface area (Å²) in [6.07, 6.45) is 0.115. The molecule has 0 aromatic carbocycles. The highest BCUT2D eigenvalue weighted by atomic mass is 32.1. The first kappa shape index (κ1) is 14.1. The lowest BCUT2D eigenvalue weighted by Crippen LogP contribution is -2.32. The number of nitrogens with zero attached hydrogens (tertiary/aromatic N) is 2. The number of aliphatic hydroxyl groups excluding tert-OH is 1. The maximum Gasteiger partial charge on any atom is 0.264 e. The van der Waals surface area contributed by atoms with Crippen LogP contribution in [0.1, 0.15) is 42.6 Å². The molecule has 96 valence electrons. The highest BCUT2D eigenvalue weighted by molar-refractivity contribution is 7.07. The Morgan fingerprint density at radius 1 is 1.53 bits per heavy atom. The Hall–Kier alpha value is -1.01. The minimum absolute atomic E-state index is 0.160. The number of aromatic nitrogens is 2. The molecule has 1 amide bonds. The number of hydrogen-bond acceptors (Lipinski definition) is 5. The lowest BCUT2D eigenvalue weighted by atomic mass is 9.87. The Morgan fingerprint density at radius 3 is 2.65 bits per heavy atom. The van der Waals surface area contributed by atoms with E-state index in [4.69, 9.17) is 0 Å². The van der Waals surface area contributed by atoms with Gasteiger partial charge in [-0.3, -0.25) is 4.79 Å². The van der Waals surface area contributed by atoms with Gasteiger partial charge in [-0.05, 0) is 30.3 Å². The Morgan fingerprint density at radius 2 is 2.18 bits per heavy atom. The highest BCUT2D eigenvalue weighted by Gasteiger charge is 2.22. The van der Waals surface area contributed by atoms with Crippen molar-refractivity contribution in [2.24, 2.45) is 5.41 Å². The molecule has 0 spiro atoms. The molecule has 0 unspecified atom stereocenters. The molecular weight excluding hydrogens is 238 g/mol. The van der Waals surface area contributed by atoms with E-state index >= 15 is 0 Å². The maximum absolute atomic E-state index is 11.7. The van der Waals surface area contributed by atoms with E-state index in [1.165, 1.54) is 0 Å². The largest absolute Gasteiger partial charge is 0.393 e. The molecule has 5 nitrogen and oxygen atoms in total. The van der Waals surface area contributed by atoms with Gasteiger partial charge < -0.3 is 10.4 Å². The average molecular weight is 257 g/mol. The van der Waals surface area contributed by atoms with Crippen molar-refractivity contribution < 1.29 is 9.90 Å². The van der Waals surface area contributed by atoms with E-state index in [0.29, 0.717) is 23.5 Å². The van der Waals surface area contributed by atoms with E-state index in [9.17, 15) is 9.90 Å². The zero-order chi connectivity index (χ0) is 13.1. The zero-order valence-corrected chi connectivity index (χ0v) is 11.5. The van der Waals surface area contributed by atoms with Crippen LogP contribution in [-0.2, 0) is 0 Å². The molecule has 2 N–H and O–H groups in total. The summed E-state index contributed by atoms with van der Waals surface area (Å²) >= 11 is 1.09. The lowest BCUT2D eigenvalue weighted by Gasteiger charge is -2.25. The van der Waals surface area contributed by atoms with Gasteiger partial charge in [-0.2, -0.15) is 0 Å². The zero-order valence-electron chi connectivity index (χ0n) is 10.6. The van der Waals surface area contributed by atoms with Crippen molar-refractivity contribution in [3.8, 4) is 0 Å². The number of aryl methyl sites for hydroxylation is 1. The van der Waals surface area contributed by atoms with Gasteiger partial charge in [-0.15, -0.1) is 5.10 Å². The summed E-state index contributed by atoms with van der Waals surface area (Å²) in [4.78, 5) is 12.2. The van der Waals surface area contributed by atoms with Crippen LogP contribution in [-0.4, -0.2) is 33.2 Å². The Bertz CT molecular complexity index is 384. The fourth-order valence-electron chi connectivity index (χ4n) is 1.28. The van der Waals surface area contributed by atoms with Gasteiger partial charge in [0.25, 0.3) is 5.91 Å². The maximum atomic E-state index is 11.7. The van der Waals surface area contributed by atoms with Gasteiger partial charge in [0.1, 0.15) is 4.88 Å². The second-order valence-electron chi connectivity index (χ2n) is 5.11. The van der Waals surface area contributed by atoms with Crippen LogP contribution in [0, 0.1) is 12.3 Å². The van der Waals surface area contributed by atoms with Crippen LogP contribution in [0.15, 0.2) is 0 Å². The molecule has 1 atom stereocenters. The van der Waals surface area contributed by atoms with Crippen molar-refractivity contribution in [1.29, 1.82) is 0 Å². The molecule has 0 aliphatic rings. The third kappa shape index (κ3) is 4.05. The first-order chi connectivity index (χ1) is 7.82. The minimum atomic E-state index is -0.427. The minimum Gasteiger partial charge on any atom is -0.393 e. The molecule has 0 bridgehead atoms. The molecule has 0 fully saturated rings. The van der Waals surface area contributed by atoms with Crippen LogP contribution in [0.25, 0.3) is 0 Å². The Labute approximate surface area is 105 Å². The standard InChI is InChI=1S/C11H19N3O2S/c1-7-9(17-14-13-7)10(16)12-6-5-8(15)11(2,3)4/h8,15H,5-6H2,1-4H3,(H,12,16)/t8-/m0/s1. The van der Waals surface area contributed by atoms with Crippen molar-refractivity contribution >= 4 is 17.4 Å². The molecule has 0 radical (unpaired) electrons. The highest BCUT2D eigenvalue weighted by Crippen LogP contribution is 2.21. The number of aliphatic hydroxyl groups is 1. The van der Waals surface area contributed by atoms with Crippen molar-refractivity contribution in [1.82, 2.24) is 14.9 Å². The second-order valence-corrected chi connectivity index (χ2v) is 5.87. The molecule has 0 aliphatic heterocycles. The Kier molecular flexibility index (Phi) is 4.59. The van der Waals surface area contributed by atoms with Gasteiger partial charge in [0, 0.05) is 6.54 Å². The summed E-state index contributed by atoms with van der Waals surface area (Å²) in [6.45, 7) is 8.11. The van der Waals surface area contributed by atoms with Crippen molar-refractivity contribution in [3.63, 3.8) is 0 Å². The van der Waals surface area contributed by atoms with E-state index in [1.807, 2.05) is 20.8 Å². The van der Waals surface area contributed by atoms with E-state index in [2.05, 4.69) is 14.9 Å². The van der Waals surface area contributed by atoms with Crippen LogP contribution >= 0.6 is 11.5 Å². The molecule has 6 heteroatoms. The van der Waals surface area contributed by atoms with Crippen LogP contribution in [0.3, 0.4) is 0 Å². The smallest absolute Gasteiger partial charge is 0.264 e. The molecule has 0 saturated heterocycles. The second kappa shape index (κ2) is 5.55. The van der Waals surface area contributed by atoms with Gasteiger partial charge >= 0.3 is 0 Å². The summed E-state index contributed by atoms with van der Waals surface area (Å²) in [5.41, 5.74) is 0.482. The topological polar surface area (TPSA) is 75.1 Å². The van der Waals surface area contributed by atoms with Gasteiger partial charge in [-0.1, -0.05) is 25.3 Å². The van der Waals surface area contributed by atoms with E-state index < -0.39 is 6.10 Å². The summed E-state index contributed by atoms with van der Waals surface area (Å²) in [6, 6.07) is 0. The fourth-order valence-corrected chi connectivity index (χ4v) is 1.85. The summed E-state index contributed by atoms with van der Waals surface area (Å²) < 4.78 is 3.71. The lowest BCUT2D eigenvalue weighted by molar-refractivity contribution is 0.0551. The normalized spacial score (nSPS) is 13.5. The predicted octanol–water partition coefficient (Wildman–Crippen LogP) is 1.37. The number of amides is 1. The predicted molar refractivity (Wildman–Crippen MR) is 67.1 cm³/mol. The molecule has 17 heavy (non-hydrogen) atoms. The number of carbonyl (C=O) groups excluding carboxylic acids is 1. The van der Waals surface area contributed by atoms with Crippen molar-refractivity contribution in [3.05, 3.63) is 10.6 Å². The average Bonchev–Trinajstić information content (AvgIpc) is 2.62. The summed E-state index contributed by atoms with van der Waals surface area (Å²) in [7, 11) is 0. The third-order valence-corrected chi connectivity index (χ3v) is 3.39. The third-order valence-electron chi connectivity index (χ3n) is 2.56. The van der Waals surface area contributed by atoms with E-state index in [0.717, 1.165) is 11.5 Å². The molecule has 1 rings (SSSR count). The number of rotatable bonds is 4. The number of hydrogen-bond donors (Lipinski definition) is 2. The Balaban J connectivity index is 2.38. The quantitative estimate of drug-likeness (QED) is 0.854. The molecular formula is C11H19N3O2S. The monoisotopic (exact) mass is 257 g/mol. The SMILES string of the molecule is Cc1nnsc1C(=O)NCC[C@H](O)C(C)(C)C. The van der Waals surface area contributed by atoms with Crippen LogP contribution in [0.4, 0.5) is 0 Å². The number of carbonyl (C=O) groups is 1. The van der Waals surface area contributed by atoms with Crippen molar-refractivity contribution in [2.45, 2.75) is 40.2 Å². The van der Waals surface area contributed by atoms with Gasteiger partial charge in [-0.25, -0.2) is 0 Å². The fraction of sp³-hybridized carbons (Fsp3) is 0.727. The molecule has 0 aliphatic carbocycles. The van der Waals surface area contributed by atoms with E-state index in [-0.39, 0.29) is 11.3 Å². The van der Waals surface area contributed by atoms with Crippen LogP contribution < -0.4 is 5.32 Å². The molecule has 0 saturated carbocycles. The summed E-state index contributed by atoms with van der Waals surface area (Å²) in [5, 5.41) is 16.3. The summed E-state index contributed by atoms with van der Waals surface area (Å²) in [5.74, 6) is -0.168. The molecule has 1 aromatic rings. The van der Waals surface area contributed by atoms with Crippen molar-refractivity contribution in [2.75, 3.05) is 6.54 Å². The molecule has 1 heterocycles. The first-order valence-electron chi connectivity index (χ1n) is 5.57.